The van der Waals surface area contributed by atoms with Gasteiger partial charge in [0, 0.05) is 31.7 Å². The Balaban J connectivity index is 2.18. The number of hydrogen-bond acceptors (Lipinski definition) is 3. The van der Waals surface area contributed by atoms with Crippen LogP contribution in [0.15, 0.2) is 36.5 Å². The quantitative estimate of drug-likeness (QED) is 0.792. The largest absolute Gasteiger partial charge is 0.488 e. The number of para-hydroxylation sites is 1. The second kappa shape index (κ2) is 5.64. The van der Waals surface area contributed by atoms with Crippen LogP contribution in [0.2, 0.25) is 0 Å². The van der Waals surface area contributed by atoms with Crippen molar-refractivity contribution in [1.29, 1.82) is 0 Å². The standard InChI is InChI=1S/C14H17NO2/c1-11(8-10-16-2)17-13-7-3-5-12-6-4-9-15-14(12)13/h3-7,9,11H,8,10H2,1-2H3. The van der Waals surface area contributed by atoms with E-state index in [4.69, 9.17) is 9.47 Å². The van der Waals surface area contributed by atoms with E-state index in [1.54, 1.807) is 13.3 Å². The Morgan fingerprint density at radius 1 is 1.24 bits per heavy atom. The molecule has 1 aromatic heterocycles. The zero-order valence-electron chi connectivity index (χ0n) is 10.2. The van der Waals surface area contributed by atoms with E-state index in [1.807, 2.05) is 37.3 Å². The van der Waals surface area contributed by atoms with Crippen molar-refractivity contribution in [3.8, 4) is 5.75 Å². The summed E-state index contributed by atoms with van der Waals surface area (Å²) in [6.07, 6.45) is 2.79. The molecule has 2 rings (SSSR count). The molecular weight excluding hydrogens is 214 g/mol. The van der Waals surface area contributed by atoms with Crippen molar-refractivity contribution in [2.24, 2.45) is 0 Å². The van der Waals surface area contributed by atoms with Gasteiger partial charge in [0.25, 0.3) is 0 Å². The molecule has 0 amide bonds. The van der Waals surface area contributed by atoms with E-state index >= 15 is 0 Å². The van der Waals surface area contributed by atoms with Crippen LogP contribution in [-0.2, 0) is 4.74 Å². The summed E-state index contributed by atoms with van der Waals surface area (Å²) in [6.45, 7) is 2.75. The Morgan fingerprint density at radius 2 is 2.06 bits per heavy atom. The van der Waals surface area contributed by atoms with Crippen LogP contribution in [0.3, 0.4) is 0 Å². The van der Waals surface area contributed by atoms with Gasteiger partial charge in [-0.15, -0.1) is 0 Å². The Kier molecular flexibility index (Phi) is 3.94. The number of fused-ring (bicyclic) bond motifs is 1. The molecule has 0 saturated heterocycles. The van der Waals surface area contributed by atoms with E-state index in [0.717, 1.165) is 23.1 Å². The fraction of sp³-hybridized carbons (Fsp3) is 0.357. The molecule has 0 spiro atoms. The molecule has 0 radical (unpaired) electrons. The van der Waals surface area contributed by atoms with Gasteiger partial charge in [0.05, 0.1) is 6.10 Å². The number of aromatic nitrogens is 1. The number of methoxy groups -OCH3 is 1. The first-order valence-corrected chi connectivity index (χ1v) is 5.80. The second-order valence-corrected chi connectivity index (χ2v) is 4.04. The van der Waals surface area contributed by atoms with E-state index in [9.17, 15) is 0 Å². The van der Waals surface area contributed by atoms with Crippen molar-refractivity contribution >= 4 is 10.9 Å². The zero-order chi connectivity index (χ0) is 12.1. The topological polar surface area (TPSA) is 31.4 Å². The zero-order valence-corrected chi connectivity index (χ0v) is 10.2. The van der Waals surface area contributed by atoms with Gasteiger partial charge in [-0.3, -0.25) is 4.98 Å². The molecule has 1 unspecified atom stereocenters. The monoisotopic (exact) mass is 231 g/mol. The SMILES string of the molecule is COCCC(C)Oc1cccc2cccnc12. The van der Waals surface area contributed by atoms with Crippen LogP contribution in [-0.4, -0.2) is 24.8 Å². The molecule has 0 bridgehead atoms. The van der Waals surface area contributed by atoms with Crippen LogP contribution in [0.4, 0.5) is 0 Å². The number of nitrogens with zero attached hydrogens (tertiary/aromatic N) is 1. The number of benzene rings is 1. The third-order valence-electron chi connectivity index (χ3n) is 2.65. The van der Waals surface area contributed by atoms with Crippen LogP contribution in [0.5, 0.6) is 5.75 Å². The molecule has 17 heavy (non-hydrogen) atoms. The summed E-state index contributed by atoms with van der Waals surface area (Å²) < 4.78 is 10.9. The van der Waals surface area contributed by atoms with Gasteiger partial charge in [0.1, 0.15) is 11.3 Å². The first-order chi connectivity index (χ1) is 8.31. The van der Waals surface area contributed by atoms with Gasteiger partial charge >= 0.3 is 0 Å². The van der Waals surface area contributed by atoms with Gasteiger partial charge in [-0.1, -0.05) is 18.2 Å². The maximum Gasteiger partial charge on any atom is 0.145 e. The van der Waals surface area contributed by atoms with Crippen LogP contribution in [0, 0.1) is 0 Å². The highest BCUT2D eigenvalue weighted by atomic mass is 16.5. The van der Waals surface area contributed by atoms with Crippen molar-refractivity contribution in [3.63, 3.8) is 0 Å². The minimum absolute atomic E-state index is 0.127. The summed E-state index contributed by atoms with van der Waals surface area (Å²) in [5.74, 6) is 0.840. The van der Waals surface area contributed by atoms with Crippen LogP contribution in [0.25, 0.3) is 10.9 Å². The average molecular weight is 231 g/mol. The van der Waals surface area contributed by atoms with E-state index in [2.05, 4.69) is 4.98 Å². The van der Waals surface area contributed by atoms with E-state index in [1.165, 1.54) is 0 Å². The lowest BCUT2D eigenvalue weighted by molar-refractivity contribution is 0.136. The lowest BCUT2D eigenvalue weighted by atomic mass is 10.2. The number of rotatable bonds is 5. The second-order valence-electron chi connectivity index (χ2n) is 4.04. The maximum absolute atomic E-state index is 5.89. The molecule has 3 nitrogen and oxygen atoms in total. The summed E-state index contributed by atoms with van der Waals surface area (Å²) in [6, 6.07) is 9.95. The molecule has 2 aromatic rings. The Hall–Kier alpha value is -1.61. The van der Waals surface area contributed by atoms with E-state index < -0.39 is 0 Å². The molecule has 1 aromatic carbocycles. The molecule has 0 aliphatic rings. The molecule has 0 saturated carbocycles. The summed E-state index contributed by atoms with van der Waals surface area (Å²) in [4.78, 5) is 4.36. The highest BCUT2D eigenvalue weighted by Crippen LogP contribution is 2.24. The van der Waals surface area contributed by atoms with Crippen LogP contribution in [0.1, 0.15) is 13.3 Å². The fourth-order valence-corrected chi connectivity index (χ4v) is 1.73. The van der Waals surface area contributed by atoms with Gasteiger partial charge in [-0.05, 0) is 19.1 Å². The number of pyridine rings is 1. The highest BCUT2D eigenvalue weighted by Gasteiger charge is 2.07. The van der Waals surface area contributed by atoms with Gasteiger partial charge < -0.3 is 9.47 Å². The number of hydrogen-bond donors (Lipinski definition) is 0. The van der Waals surface area contributed by atoms with Gasteiger partial charge in [0.2, 0.25) is 0 Å². The molecule has 0 fully saturated rings. The fourth-order valence-electron chi connectivity index (χ4n) is 1.73. The summed E-state index contributed by atoms with van der Waals surface area (Å²) in [5.41, 5.74) is 0.916. The molecule has 0 aliphatic carbocycles. The summed E-state index contributed by atoms with van der Waals surface area (Å²) in [5, 5.41) is 1.10. The third kappa shape index (κ3) is 2.94. The molecule has 0 N–H and O–H groups in total. The van der Waals surface area contributed by atoms with Crippen LogP contribution < -0.4 is 4.74 Å². The van der Waals surface area contributed by atoms with Crippen molar-refractivity contribution in [1.82, 2.24) is 4.98 Å². The maximum atomic E-state index is 5.89. The van der Waals surface area contributed by atoms with Crippen molar-refractivity contribution in [2.75, 3.05) is 13.7 Å². The molecule has 0 aliphatic heterocycles. The smallest absolute Gasteiger partial charge is 0.145 e. The first kappa shape index (κ1) is 11.9. The molecule has 3 heteroatoms. The Labute approximate surface area is 101 Å². The van der Waals surface area contributed by atoms with Crippen molar-refractivity contribution in [2.45, 2.75) is 19.4 Å². The van der Waals surface area contributed by atoms with Crippen molar-refractivity contribution in [3.05, 3.63) is 36.5 Å². The minimum atomic E-state index is 0.127. The molecule has 1 atom stereocenters. The van der Waals surface area contributed by atoms with Crippen molar-refractivity contribution < 1.29 is 9.47 Å². The Morgan fingerprint density at radius 3 is 2.88 bits per heavy atom. The predicted octanol–water partition coefficient (Wildman–Crippen LogP) is 3.04. The number of ether oxygens (including phenoxy) is 2. The lowest BCUT2D eigenvalue weighted by Crippen LogP contribution is -2.14. The summed E-state index contributed by atoms with van der Waals surface area (Å²) in [7, 11) is 1.70. The normalized spacial score (nSPS) is 12.6. The molecular formula is C14H17NO2. The Bertz CT molecular complexity index is 479. The minimum Gasteiger partial charge on any atom is -0.488 e. The molecule has 1 heterocycles. The highest BCUT2D eigenvalue weighted by molar-refractivity contribution is 5.84. The van der Waals surface area contributed by atoms with Gasteiger partial charge in [0.15, 0.2) is 0 Å². The van der Waals surface area contributed by atoms with Gasteiger partial charge in [-0.25, -0.2) is 0 Å². The third-order valence-corrected chi connectivity index (χ3v) is 2.65. The summed E-state index contributed by atoms with van der Waals surface area (Å²) >= 11 is 0. The van der Waals surface area contributed by atoms with E-state index in [-0.39, 0.29) is 6.10 Å². The van der Waals surface area contributed by atoms with Crippen LogP contribution >= 0.6 is 0 Å². The average Bonchev–Trinajstić information content (AvgIpc) is 2.37. The first-order valence-electron chi connectivity index (χ1n) is 5.80. The lowest BCUT2D eigenvalue weighted by Gasteiger charge is -2.15. The predicted molar refractivity (Wildman–Crippen MR) is 68.3 cm³/mol. The van der Waals surface area contributed by atoms with Gasteiger partial charge in [-0.2, -0.15) is 0 Å². The molecule has 90 valence electrons. The van der Waals surface area contributed by atoms with E-state index in [0.29, 0.717) is 6.61 Å².